The molecule has 4 nitrogen and oxygen atoms in total. The Morgan fingerprint density at radius 3 is 2.87 bits per heavy atom. The largest absolute Gasteiger partial charge is 0.339 e. The van der Waals surface area contributed by atoms with Gasteiger partial charge in [0.1, 0.15) is 5.15 Å². The summed E-state index contributed by atoms with van der Waals surface area (Å²) in [6, 6.07) is 0.235. The van der Waals surface area contributed by atoms with Gasteiger partial charge in [-0.3, -0.25) is 0 Å². The van der Waals surface area contributed by atoms with E-state index in [-0.39, 0.29) is 18.4 Å². The monoisotopic (exact) mass is 248 g/mol. The smallest absolute Gasteiger partial charge is 0.226 e. The lowest BCUT2D eigenvalue weighted by Crippen LogP contribution is -2.27. The summed E-state index contributed by atoms with van der Waals surface area (Å²) in [5.41, 5.74) is 6.70. The number of rotatable bonds is 1. The first-order valence-corrected chi connectivity index (χ1v) is 5.04. The van der Waals surface area contributed by atoms with Gasteiger partial charge in [0.25, 0.3) is 0 Å². The van der Waals surface area contributed by atoms with Gasteiger partial charge in [-0.05, 0) is 13.3 Å². The summed E-state index contributed by atoms with van der Waals surface area (Å²) in [6.45, 7) is 3.63. The normalized spacial score (nSPS) is 20.2. The van der Waals surface area contributed by atoms with Gasteiger partial charge >= 0.3 is 0 Å². The van der Waals surface area contributed by atoms with Crippen LogP contribution in [0.25, 0.3) is 0 Å². The summed E-state index contributed by atoms with van der Waals surface area (Å²) < 4.78 is 0. The minimum atomic E-state index is 0. The molecule has 0 spiro atoms. The van der Waals surface area contributed by atoms with Crippen LogP contribution in [0.1, 0.15) is 12.0 Å². The van der Waals surface area contributed by atoms with E-state index in [9.17, 15) is 0 Å². The summed E-state index contributed by atoms with van der Waals surface area (Å²) in [4.78, 5) is 10.5. The van der Waals surface area contributed by atoms with Gasteiger partial charge in [0, 0.05) is 30.9 Å². The van der Waals surface area contributed by atoms with Gasteiger partial charge in [0.2, 0.25) is 5.95 Å². The van der Waals surface area contributed by atoms with Gasteiger partial charge in [-0.25, -0.2) is 9.97 Å². The van der Waals surface area contributed by atoms with Crippen LogP contribution in [-0.4, -0.2) is 29.1 Å². The molecule has 0 aromatic carbocycles. The molecule has 6 heteroatoms. The lowest BCUT2D eigenvalue weighted by molar-refractivity contribution is 0.750. The highest BCUT2D eigenvalue weighted by atomic mass is 35.5. The maximum Gasteiger partial charge on any atom is 0.226 e. The van der Waals surface area contributed by atoms with Crippen molar-refractivity contribution >= 4 is 30.0 Å². The molecule has 2 N–H and O–H groups in total. The zero-order valence-corrected chi connectivity index (χ0v) is 10.1. The molecule has 1 unspecified atom stereocenters. The molecule has 1 saturated heterocycles. The minimum absolute atomic E-state index is 0. The van der Waals surface area contributed by atoms with Crippen LogP contribution < -0.4 is 10.6 Å². The van der Waals surface area contributed by atoms with E-state index in [1.807, 2.05) is 6.92 Å². The van der Waals surface area contributed by atoms with Crippen LogP contribution in [-0.2, 0) is 0 Å². The second kappa shape index (κ2) is 4.96. The van der Waals surface area contributed by atoms with E-state index in [0.717, 1.165) is 25.1 Å². The SMILES string of the molecule is Cc1cnc(N2CCC(N)C2)nc1Cl.Cl. The van der Waals surface area contributed by atoms with Crippen LogP contribution >= 0.6 is 24.0 Å². The third-order valence-electron chi connectivity index (χ3n) is 2.40. The highest BCUT2D eigenvalue weighted by Crippen LogP contribution is 2.18. The molecular formula is C9H14Cl2N4. The Morgan fingerprint density at radius 1 is 1.60 bits per heavy atom. The molecule has 0 radical (unpaired) electrons. The van der Waals surface area contributed by atoms with Crippen molar-refractivity contribution in [1.29, 1.82) is 0 Å². The molecule has 1 aliphatic heterocycles. The number of nitrogens with zero attached hydrogens (tertiary/aromatic N) is 3. The predicted molar refractivity (Wildman–Crippen MR) is 63.8 cm³/mol. The fraction of sp³-hybridized carbons (Fsp3) is 0.556. The summed E-state index contributed by atoms with van der Waals surface area (Å²) >= 11 is 5.92. The van der Waals surface area contributed by atoms with E-state index in [1.54, 1.807) is 6.20 Å². The topological polar surface area (TPSA) is 55.0 Å². The molecule has 2 rings (SSSR count). The van der Waals surface area contributed by atoms with E-state index in [4.69, 9.17) is 17.3 Å². The Bertz CT molecular complexity index is 345. The standard InChI is InChI=1S/C9H13ClN4.ClH/c1-6-4-12-9(13-8(6)10)14-3-2-7(11)5-14;/h4,7H,2-3,5,11H2,1H3;1H. The maximum absolute atomic E-state index is 5.92. The maximum atomic E-state index is 5.92. The number of halogens is 2. The Morgan fingerprint density at radius 2 is 2.33 bits per heavy atom. The molecular weight excluding hydrogens is 235 g/mol. The quantitative estimate of drug-likeness (QED) is 0.764. The van der Waals surface area contributed by atoms with Crippen LogP contribution in [0.2, 0.25) is 5.15 Å². The van der Waals surface area contributed by atoms with Crippen molar-refractivity contribution in [3.63, 3.8) is 0 Å². The highest BCUT2D eigenvalue weighted by molar-refractivity contribution is 6.30. The number of aromatic nitrogens is 2. The van der Waals surface area contributed by atoms with E-state index < -0.39 is 0 Å². The Hall–Kier alpha value is -0.580. The van der Waals surface area contributed by atoms with Gasteiger partial charge < -0.3 is 10.6 Å². The lowest BCUT2D eigenvalue weighted by atomic mass is 10.3. The van der Waals surface area contributed by atoms with Crippen molar-refractivity contribution < 1.29 is 0 Å². The lowest BCUT2D eigenvalue weighted by Gasteiger charge is -2.15. The first kappa shape index (κ1) is 12.5. The van der Waals surface area contributed by atoms with E-state index in [2.05, 4.69) is 14.9 Å². The van der Waals surface area contributed by atoms with Crippen LogP contribution in [0.4, 0.5) is 5.95 Å². The molecule has 1 aromatic heterocycles. The molecule has 0 amide bonds. The van der Waals surface area contributed by atoms with Gasteiger partial charge in [0.15, 0.2) is 0 Å². The van der Waals surface area contributed by atoms with Gasteiger partial charge in [-0.15, -0.1) is 12.4 Å². The summed E-state index contributed by atoms with van der Waals surface area (Å²) in [6.07, 6.45) is 2.74. The third-order valence-corrected chi connectivity index (χ3v) is 2.79. The van der Waals surface area contributed by atoms with E-state index >= 15 is 0 Å². The molecule has 2 heterocycles. The van der Waals surface area contributed by atoms with Crippen LogP contribution in [0.5, 0.6) is 0 Å². The van der Waals surface area contributed by atoms with Gasteiger partial charge in [-0.2, -0.15) is 0 Å². The Balaban J connectivity index is 0.00000112. The van der Waals surface area contributed by atoms with E-state index in [0.29, 0.717) is 11.1 Å². The van der Waals surface area contributed by atoms with Crippen molar-refractivity contribution in [3.05, 3.63) is 16.9 Å². The zero-order chi connectivity index (χ0) is 10.1. The first-order valence-electron chi connectivity index (χ1n) is 4.66. The average molecular weight is 249 g/mol. The van der Waals surface area contributed by atoms with Crippen LogP contribution in [0, 0.1) is 6.92 Å². The number of aryl methyl sites for hydroxylation is 1. The molecule has 1 aromatic rings. The van der Waals surface area contributed by atoms with Crippen molar-refractivity contribution in [2.45, 2.75) is 19.4 Å². The van der Waals surface area contributed by atoms with Crippen molar-refractivity contribution in [2.24, 2.45) is 5.73 Å². The summed E-state index contributed by atoms with van der Waals surface area (Å²) in [7, 11) is 0. The number of nitrogens with two attached hydrogens (primary N) is 1. The number of hydrogen-bond donors (Lipinski definition) is 1. The van der Waals surface area contributed by atoms with Gasteiger partial charge in [0.05, 0.1) is 0 Å². The predicted octanol–water partition coefficient (Wildman–Crippen LogP) is 1.40. The third kappa shape index (κ3) is 2.71. The first-order chi connectivity index (χ1) is 6.66. The number of hydrogen-bond acceptors (Lipinski definition) is 4. The van der Waals surface area contributed by atoms with Gasteiger partial charge in [-0.1, -0.05) is 11.6 Å². The molecule has 15 heavy (non-hydrogen) atoms. The van der Waals surface area contributed by atoms with Crippen molar-refractivity contribution in [1.82, 2.24) is 9.97 Å². The Labute approximate surface area is 100 Å². The molecule has 0 bridgehead atoms. The van der Waals surface area contributed by atoms with Crippen LogP contribution in [0.3, 0.4) is 0 Å². The number of anilines is 1. The molecule has 1 fully saturated rings. The summed E-state index contributed by atoms with van der Waals surface area (Å²) in [5.74, 6) is 0.688. The second-order valence-corrected chi connectivity index (χ2v) is 4.00. The molecule has 1 aliphatic rings. The average Bonchev–Trinajstić information content (AvgIpc) is 2.57. The van der Waals surface area contributed by atoms with Crippen molar-refractivity contribution in [2.75, 3.05) is 18.0 Å². The fourth-order valence-electron chi connectivity index (χ4n) is 1.53. The highest BCUT2D eigenvalue weighted by Gasteiger charge is 2.21. The molecule has 84 valence electrons. The second-order valence-electron chi connectivity index (χ2n) is 3.64. The zero-order valence-electron chi connectivity index (χ0n) is 8.48. The van der Waals surface area contributed by atoms with Crippen molar-refractivity contribution in [3.8, 4) is 0 Å². The van der Waals surface area contributed by atoms with Crippen LogP contribution in [0.15, 0.2) is 6.20 Å². The molecule has 1 atom stereocenters. The summed E-state index contributed by atoms with van der Waals surface area (Å²) in [5, 5.41) is 0.524. The molecule has 0 aliphatic carbocycles. The van der Waals surface area contributed by atoms with E-state index in [1.165, 1.54) is 0 Å². The molecule has 0 saturated carbocycles. The minimum Gasteiger partial charge on any atom is -0.339 e. The fourth-order valence-corrected chi connectivity index (χ4v) is 1.66. The Kier molecular flexibility index (Phi) is 4.13.